The smallest absolute Gasteiger partial charge is 0.240 e. The highest BCUT2D eigenvalue weighted by Crippen LogP contribution is 2.09. The zero-order valence-corrected chi connectivity index (χ0v) is 14.5. The van der Waals surface area contributed by atoms with E-state index in [1.807, 2.05) is 0 Å². The quantitative estimate of drug-likeness (QED) is 0.727. The highest BCUT2D eigenvalue weighted by atomic mass is 32.2. The lowest BCUT2D eigenvalue weighted by molar-refractivity contribution is 0.136. The molecule has 1 aliphatic heterocycles. The molecule has 1 N–H and O–H groups in total. The second kappa shape index (κ2) is 8.73. The van der Waals surface area contributed by atoms with Crippen molar-refractivity contribution < 1.29 is 12.8 Å². The fraction of sp³-hybridized carbons (Fsp3) is 0.625. The Hall–Kier alpha value is -1.02. The van der Waals surface area contributed by atoms with Crippen LogP contribution in [0.2, 0.25) is 0 Å². The van der Waals surface area contributed by atoms with Crippen LogP contribution >= 0.6 is 0 Å². The molecule has 0 bridgehead atoms. The maximum atomic E-state index is 12.8. The fourth-order valence-corrected chi connectivity index (χ4v) is 3.77. The second-order valence-corrected chi connectivity index (χ2v) is 7.60. The molecule has 0 aromatic heterocycles. The van der Waals surface area contributed by atoms with E-state index in [9.17, 15) is 12.8 Å². The minimum Gasteiger partial charge on any atom is -0.301 e. The van der Waals surface area contributed by atoms with Crippen LogP contribution in [-0.2, 0) is 10.0 Å². The van der Waals surface area contributed by atoms with Crippen LogP contribution in [0, 0.1) is 5.82 Å². The number of piperazine rings is 1. The summed E-state index contributed by atoms with van der Waals surface area (Å²) in [5.74, 6) is -0.438. The Bertz CT molecular complexity index is 569. The molecule has 0 unspecified atom stereocenters. The largest absolute Gasteiger partial charge is 0.301 e. The van der Waals surface area contributed by atoms with E-state index in [0.29, 0.717) is 6.54 Å². The minimum atomic E-state index is -3.53. The molecule has 1 fully saturated rings. The SMILES string of the molecule is CCN1CCN(CCCCNS(=O)(=O)c2ccc(F)cc2)CC1. The van der Waals surface area contributed by atoms with Gasteiger partial charge >= 0.3 is 0 Å². The van der Waals surface area contributed by atoms with Gasteiger partial charge in [0.1, 0.15) is 5.82 Å². The normalized spacial score (nSPS) is 17.5. The Morgan fingerprint density at radius 3 is 2.26 bits per heavy atom. The number of hydrogen-bond acceptors (Lipinski definition) is 4. The van der Waals surface area contributed by atoms with Gasteiger partial charge in [-0.15, -0.1) is 0 Å². The van der Waals surface area contributed by atoms with Crippen LogP contribution in [0.15, 0.2) is 29.2 Å². The van der Waals surface area contributed by atoms with Gasteiger partial charge in [-0.3, -0.25) is 0 Å². The van der Waals surface area contributed by atoms with Gasteiger partial charge in [0.05, 0.1) is 4.90 Å². The maximum Gasteiger partial charge on any atom is 0.240 e. The lowest BCUT2D eigenvalue weighted by Crippen LogP contribution is -2.46. The molecule has 0 radical (unpaired) electrons. The summed E-state index contributed by atoms with van der Waals surface area (Å²) in [6.07, 6.45) is 1.77. The summed E-state index contributed by atoms with van der Waals surface area (Å²) >= 11 is 0. The molecule has 2 rings (SSSR count). The average Bonchev–Trinajstić information content (AvgIpc) is 2.55. The number of rotatable bonds is 8. The third kappa shape index (κ3) is 5.84. The number of nitrogens with one attached hydrogen (secondary N) is 1. The van der Waals surface area contributed by atoms with E-state index >= 15 is 0 Å². The lowest BCUT2D eigenvalue weighted by atomic mass is 10.2. The molecule has 130 valence electrons. The van der Waals surface area contributed by atoms with Gasteiger partial charge in [-0.25, -0.2) is 17.5 Å². The van der Waals surface area contributed by atoms with Crippen LogP contribution in [-0.4, -0.2) is 64.0 Å². The Kier molecular flexibility index (Phi) is 6.95. The van der Waals surface area contributed by atoms with Gasteiger partial charge in [0, 0.05) is 32.7 Å². The van der Waals surface area contributed by atoms with E-state index in [2.05, 4.69) is 21.4 Å². The van der Waals surface area contributed by atoms with Crippen LogP contribution < -0.4 is 4.72 Å². The van der Waals surface area contributed by atoms with Crippen LogP contribution in [0.25, 0.3) is 0 Å². The van der Waals surface area contributed by atoms with Crippen LogP contribution in [0.1, 0.15) is 19.8 Å². The van der Waals surface area contributed by atoms with Crippen molar-refractivity contribution in [1.82, 2.24) is 14.5 Å². The molecule has 1 heterocycles. The van der Waals surface area contributed by atoms with Crippen LogP contribution in [0.5, 0.6) is 0 Å². The topological polar surface area (TPSA) is 52.6 Å². The lowest BCUT2D eigenvalue weighted by Gasteiger charge is -2.33. The number of sulfonamides is 1. The van der Waals surface area contributed by atoms with Gasteiger partial charge in [0.15, 0.2) is 0 Å². The highest BCUT2D eigenvalue weighted by Gasteiger charge is 2.15. The van der Waals surface area contributed by atoms with Gasteiger partial charge in [-0.1, -0.05) is 6.92 Å². The van der Waals surface area contributed by atoms with Crippen molar-refractivity contribution >= 4 is 10.0 Å². The Labute approximate surface area is 138 Å². The summed E-state index contributed by atoms with van der Waals surface area (Å²) in [5.41, 5.74) is 0. The fourth-order valence-electron chi connectivity index (χ4n) is 2.69. The summed E-state index contributed by atoms with van der Waals surface area (Å²) in [7, 11) is -3.53. The Morgan fingerprint density at radius 1 is 1.04 bits per heavy atom. The van der Waals surface area contributed by atoms with E-state index in [1.54, 1.807) is 0 Å². The molecule has 1 saturated heterocycles. The minimum absolute atomic E-state index is 0.106. The molecular formula is C16H26FN3O2S. The monoisotopic (exact) mass is 343 g/mol. The standard InChI is InChI=1S/C16H26FN3O2S/c1-2-19-11-13-20(14-12-19)10-4-3-9-18-23(21,22)16-7-5-15(17)6-8-16/h5-8,18H,2-4,9-14H2,1H3. The summed E-state index contributed by atoms with van der Waals surface area (Å²) in [4.78, 5) is 4.98. The van der Waals surface area contributed by atoms with Gasteiger partial charge in [-0.2, -0.15) is 0 Å². The molecule has 5 nitrogen and oxygen atoms in total. The first-order chi connectivity index (χ1) is 11.0. The summed E-state index contributed by atoms with van der Waals surface area (Å²) < 4.78 is 39.5. The number of benzene rings is 1. The molecule has 0 saturated carbocycles. The molecule has 1 aliphatic rings. The molecule has 0 aliphatic carbocycles. The van der Waals surface area contributed by atoms with E-state index in [4.69, 9.17) is 0 Å². The van der Waals surface area contributed by atoms with Crippen molar-refractivity contribution in [2.75, 3.05) is 45.8 Å². The summed E-state index contributed by atoms with van der Waals surface area (Å²) in [6.45, 7) is 9.14. The molecule has 23 heavy (non-hydrogen) atoms. The Balaban J connectivity index is 1.64. The zero-order chi connectivity index (χ0) is 16.7. The molecule has 1 aromatic carbocycles. The van der Waals surface area contributed by atoms with Gasteiger partial charge < -0.3 is 9.80 Å². The third-order valence-electron chi connectivity index (χ3n) is 4.23. The van der Waals surface area contributed by atoms with Gasteiger partial charge in [-0.05, 0) is 50.2 Å². The third-order valence-corrected chi connectivity index (χ3v) is 5.71. The first kappa shape index (κ1) is 18.3. The van der Waals surface area contributed by atoms with Crippen LogP contribution in [0.3, 0.4) is 0 Å². The average molecular weight is 343 g/mol. The molecule has 7 heteroatoms. The van der Waals surface area contributed by atoms with Gasteiger partial charge in [0.2, 0.25) is 10.0 Å². The van der Waals surface area contributed by atoms with E-state index in [1.165, 1.54) is 12.1 Å². The number of likely N-dealkylation sites (N-methyl/N-ethyl adjacent to an activating group) is 1. The van der Waals surface area contributed by atoms with Crippen molar-refractivity contribution in [2.45, 2.75) is 24.7 Å². The highest BCUT2D eigenvalue weighted by molar-refractivity contribution is 7.89. The number of nitrogens with zero attached hydrogens (tertiary/aromatic N) is 2. The molecule has 1 aromatic rings. The first-order valence-corrected chi connectivity index (χ1v) is 9.69. The van der Waals surface area contributed by atoms with E-state index in [-0.39, 0.29) is 4.90 Å². The number of halogens is 1. The predicted octanol–water partition coefficient (Wildman–Crippen LogP) is 1.52. The van der Waals surface area contributed by atoms with E-state index in [0.717, 1.165) is 64.2 Å². The summed E-state index contributed by atoms with van der Waals surface area (Å²) in [6, 6.07) is 4.88. The van der Waals surface area contributed by atoms with Crippen molar-refractivity contribution in [3.8, 4) is 0 Å². The first-order valence-electron chi connectivity index (χ1n) is 8.21. The number of unbranched alkanes of at least 4 members (excludes halogenated alkanes) is 1. The maximum absolute atomic E-state index is 12.8. The van der Waals surface area contributed by atoms with Crippen molar-refractivity contribution in [2.24, 2.45) is 0 Å². The molecule has 0 amide bonds. The predicted molar refractivity (Wildman–Crippen MR) is 89.4 cm³/mol. The van der Waals surface area contributed by atoms with Gasteiger partial charge in [0.25, 0.3) is 0 Å². The zero-order valence-electron chi connectivity index (χ0n) is 13.7. The number of hydrogen-bond donors (Lipinski definition) is 1. The van der Waals surface area contributed by atoms with Crippen LogP contribution in [0.4, 0.5) is 4.39 Å². The summed E-state index contributed by atoms with van der Waals surface area (Å²) in [5, 5.41) is 0. The van der Waals surface area contributed by atoms with E-state index < -0.39 is 15.8 Å². The second-order valence-electron chi connectivity index (χ2n) is 5.83. The molecule has 0 spiro atoms. The van der Waals surface area contributed by atoms with Crippen molar-refractivity contribution in [1.29, 1.82) is 0 Å². The molecular weight excluding hydrogens is 317 g/mol. The van der Waals surface area contributed by atoms with Crippen molar-refractivity contribution in [3.63, 3.8) is 0 Å². The van der Waals surface area contributed by atoms with Crippen molar-refractivity contribution in [3.05, 3.63) is 30.1 Å². The Morgan fingerprint density at radius 2 is 1.65 bits per heavy atom. The molecule has 0 atom stereocenters.